The van der Waals surface area contributed by atoms with E-state index in [2.05, 4.69) is 10.3 Å². The van der Waals surface area contributed by atoms with E-state index < -0.39 is 5.97 Å². The average molecular weight is 370 g/mol. The van der Waals surface area contributed by atoms with Crippen molar-refractivity contribution in [3.05, 3.63) is 70.6 Å². The van der Waals surface area contributed by atoms with Crippen LogP contribution in [0.3, 0.4) is 0 Å². The number of amides is 1. The first-order valence-electron chi connectivity index (χ1n) is 7.81. The largest absolute Gasteiger partial charge is 0.465 e. The molecule has 0 radical (unpaired) electrons. The van der Waals surface area contributed by atoms with Crippen LogP contribution in [-0.2, 0) is 9.53 Å². The van der Waals surface area contributed by atoms with Crippen LogP contribution in [-0.4, -0.2) is 28.4 Å². The number of rotatable bonds is 4. The Morgan fingerprint density at radius 1 is 1.23 bits per heavy atom. The number of carbonyl (C=O) groups excluding carboxylic acids is 2. The molecule has 0 saturated carbocycles. The smallest absolute Gasteiger partial charge is 0.338 e. The number of fused-ring (bicyclic) bond motifs is 1. The summed E-state index contributed by atoms with van der Waals surface area (Å²) in [5, 5.41) is 3.06. The van der Waals surface area contributed by atoms with E-state index in [0.717, 1.165) is 0 Å². The fourth-order valence-electron chi connectivity index (χ4n) is 2.57. The molecule has 0 bridgehead atoms. The molecule has 132 valence electrons. The van der Waals surface area contributed by atoms with Gasteiger partial charge in [-0.3, -0.25) is 9.20 Å². The van der Waals surface area contributed by atoms with Crippen LogP contribution in [0.15, 0.2) is 48.7 Å². The Bertz CT molecular complexity index is 1020. The lowest BCUT2D eigenvalue weighted by Crippen LogP contribution is -2.11. The lowest BCUT2D eigenvalue weighted by Gasteiger charge is -2.10. The summed E-state index contributed by atoms with van der Waals surface area (Å²) >= 11 is 6.14. The zero-order chi connectivity index (χ0) is 18.7. The number of halogens is 1. The molecule has 2 aromatic heterocycles. The Labute approximate surface area is 155 Å². The first-order valence-corrected chi connectivity index (χ1v) is 8.18. The summed E-state index contributed by atoms with van der Waals surface area (Å²) in [6.45, 7) is 1.74. The predicted molar refractivity (Wildman–Crippen MR) is 100 cm³/mol. The van der Waals surface area contributed by atoms with E-state index in [0.29, 0.717) is 33.3 Å². The van der Waals surface area contributed by atoms with Gasteiger partial charge in [-0.2, -0.15) is 0 Å². The van der Waals surface area contributed by atoms with Crippen molar-refractivity contribution in [3.63, 3.8) is 0 Å². The molecule has 0 fully saturated rings. The molecule has 1 N–H and O–H groups in total. The maximum absolute atomic E-state index is 12.3. The number of carbonyl (C=O) groups is 2. The van der Waals surface area contributed by atoms with E-state index in [4.69, 9.17) is 16.3 Å². The van der Waals surface area contributed by atoms with E-state index in [9.17, 15) is 9.59 Å². The molecule has 1 amide bonds. The average Bonchev–Trinajstić information content (AvgIpc) is 2.96. The minimum Gasteiger partial charge on any atom is -0.465 e. The monoisotopic (exact) mass is 369 g/mol. The molecule has 0 unspecified atom stereocenters. The predicted octanol–water partition coefficient (Wildman–Crippen LogP) is 3.73. The highest BCUT2D eigenvalue weighted by Gasteiger charge is 2.13. The van der Waals surface area contributed by atoms with Gasteiger partial charge in [-0.05, 0) is 42.8 Å². The lowest BCUT2D eigenvalue weighted by molar-refractivity contribution is -0.111. The van der Waals surface area contributed by atoms with Crippen molar-refractivity contribution in [2.75, 3.05) is 12.4 Å². The second-order valence-electron chi connectivity index (χ2n) is 5.51. The van der Waals surface area contributed by atoms with Crippen LogP contribution in [0, 0.1) is 6.92 Å². The van der Waals surface area contributed by atoms with E-state index in [1.54, 1.807) is 35.6 Å². The van der Waals surface area contributed by atoms with Crippen molar-refractivity contribution in [1.82, 2.24) is 9.38 Å². The molecule has 6 nitrogen and oxygen atoms in total. The van der Waals surface area contributed by atoms with Crippen molar-refractivity contribution < 1.29 is 14.3 Å². The first-order chi connectivity index (χ1) is 12.5. The molecule has 0 spiro atoms. The number of hydrogen-bond acceptors (Lipinski definition) is 4. The number of esters is 1. The summed E-state index contributed by atoms with van der Waals surface area (Å²) in [7, 11) is 1.31. The number of nitrogens with zero attached hydrogens (tertiary/aromatic N) is 2. The van der Waals surface area contributed by atoms with Crippen molar-refractivity contribution in [1.29, 1.82) is 0 Å². The topological polar surface area (TPSA) is 72.7 Å². The van der Waals surface area contributed by atoms with Gasteiger partial charge in [0, 0.05) is 18.0 Å². The summed E-state index contributed by atoms with van der Waals surface area (Å²) < 4.78 is 6.52. The third-order valence-corrected chi connectivity index (χ3v) is 4.19. The number of benzene rings is 1. The zero-order valence-electron chi connectivity index (χ0n) is 14.2. The molecule has 2 heterocycles. The molecule has 26 heavy (non-hydrogen) atoms. The minimum atomic E-state index is -0.452. The van der Waals surface area contributed by atoms with Gasteiger partial charge >= 0.3 is 5.97 Å². The summed E-state index contributed by atoms with van der Waals surface area (Å²) in [6, 6.07) is 10.6. The van der Waals surface area contributed by atoms with Gasteiger partial charge < -0.3 is 10.1 Å². The van der Waals surface area contributed by atoms with Crippen LogP contribution in [0.2, 0.25) is 5.15 Å². The maximum Gasteiger partial charge on any atom is 0.338 e. The number of anilines is 1. The summed E-state index contributed by atoms with van der Waals surface area (Å²) in [4.78, 5) is 28.2. The molecule has 3 aromatic rings. The molecule has 7 heteroatoms. The Morgan fingerprint density at radius 3 is 2.81 bits per heavy atom. The fraction of sp³-hybridized carbons (Fsp3) is 0.105. The van der Waals surface area contributed by atoms with Gasteiger partial charge in [-0.1, -0.05) is 23.7 Å². The van der Waals surface area contributed by atoms with E-state index in [-0.39, 0.29) is 5.91 Å². The van der Waals surface area contributed by atoms with Crippen LogP contribution in [0.1, 0.15) is 21.6 Å². The number of nitrogens with one attached hydrogen (secondary N) is 1. The third kappa shape index (κ3) is 3.45. The summed E-state index contributed by atoms with van der Waals surface area (Å²) in [5.41, 5.74) is 2.87. The van der Waals surface area contributed by atoms with Crippen LogP contribution < -0.4 is 5.32 Å². The third-order valence-electron chi connectivity index (χ3n) is 3.91. The highest BCUT2D eigenvalue weighted by atomic mass is 35.5. The first kappa shape index (κ1) is 17.7. The molecule has 0 atom stereocenters. The van der Waals surface area contributed by atoms with E-state index >= 15 is 0 Å². The van der Waals surface area contributed by atoms with E-state index in [1.165, 1.54) is 13.2 Å². The molecule has 1 aromatic carbocycles. The van der Waals surface area contributed by atoms with Crippen LogP contribution in [0.25, 0.3) is 11.7 Å². The molecule has 3 rings (SSSR count). The van der Waals surface area contributed by atoms with Gasteiger partial charge in [-0.15, -0.1) is 0 Å². The minimum absolute atomic E-state index is 0.309. The second kappa shape index (κ2) is 7.41. The van der Waals surface area contributed by atoms with E-state index in [1.807, 2.05) is 24.4 Å². The van der Waals surface area contributed by atoms with Gasteiger partial charge in [0.15, 0.2) is 5.15 Å². The van der Waals surface area contributed by atoms with Gasteiger partial charge in [0.2, 0.25) is 5.91 Å². The van der Waals surface area contributed by atoms with Gasteiger partial charge in [-0.25, -0.2) is 9.78 Å². The van der Waals surface area contributed by atoms with Crippen LogP contribution in [0.4, 0.5) is 5.69 Å². The Balaban J connectivity index is 1.82. The van der Waals surface area contributed by atoms with Gasteiger partial charge in [0.25, 0.3) is 0 Å². The summed E-state index contributed by atoms with van der Waals surface area (Å²) in [5.74, 6) is -0.802. The van der Waals surface area contributed by atoms with Crippen molar-refractivity contribution in [2.24, 2.45) is 0 Å². The number of aromatic nitrogens is 2. The normalized spacial score (nSPS) is 11.0. The molecule has 0 aliphatic carbocycles. The SMILES string of the molecule is COC(=O)c1cccc(NC(=O)/C=C/c2c(Cl)nc3ccccn23)c1C. The Kier molecular flexibility index (Phi) is 5.04. The van der Waals surface area contributed by atoms with Crippen molar-refractivity contribution >= 4 is 40.9 Å². The molecule has 0 saturated heterocycles. The van der Waals surface area contributed by atoms with Gasteiger partial charge in [0.05, 0.1) is 18.4 Å². The van der Waals surface area contributed by atoms with Crippen LogP contribution in [0.5, 0.6) is 0 Å². The maximum atomic E-state index is 12.3. The van der Waals surface area contributed by atoms with Crippen molar-refractivity contribution in [3.8, 4) is 0 Å². The highest BCUT2D eigenvalue weighted by Crippen LogP contribution is 2.21. The summed E-state index contributed by atoms with van der Waals surface area (Å²) in [6.07, 6.45) is 4.78. The molecular formula is C19H16ClN3O3. The van der Waals surface area contributed by atoms with Gasteiger partial charge in [0.1, 0.15) is 5.65 Å². The number of methoxy groups -OCH3 is 1. The standard InChI is InChI=1S/C19H16ClN3O3/c1-12-13(19(25)26-2)6-5-7-14(12)21-17(24)10-9-15-18(20)22-16-8-3-4-11-23(15)16/h3-11H,1-2H3,(H,21,24)/b10-9+. The number of pyridine rings is 1. The molecule has 0 aliphatic rings. The fourth-order valence-corrected chi connectivity index (χ4v) is 2.81. The Hall–Kier alpha value is -3.12. The number of hydrogen-bond donors (Lipinski definition) is 1. The van der Waals surface area contributed by atoms with Crippen molar-refractivity contribution in [2.45, 2.75) is 6.92 Å². The van der Waals surface area contributed by atoms with Crippen LogP contribution >= 0.6 is 11.6 Å². The second-order valence-corrected chi connectivity index (χ2v) is 5.87. The lowest BCUT2D eigenvalue weighted by atomic mass is 10.1. The molecule has 0 aliphatic heterocycles. The number of ether oxygens (including phenoxy) is 1. The quantitative estimate of drug-likeness (QED) is 0.561. The highest BCUT2D eigenvalue weighted by molar-refractivity contribution is 6.31. The number of imidazole rings is 1. The molecular weight excluding hydrogens is 354 g/mol. The zero-order valence-corrected chi connectivity index (χ0v) is 14.9. The Morgan fingerprint density at radius 2 is 2.04 bits per heavy atom.